The van der Waals surface area contributed by atoms with Crippen LogP contribution in [0.1, 0.15) is 22.0 Å². The Bertz CT molecular complexity index is 732. The summed E-state index contributed by atoms with van der Waals surface area (Å²) in [5, 5.41) is 3.01. The smallest absolute Gasteiger partial charge is 0.255 e. The topological polar surface area (TPSA) is 61.2 Å². The maximum absolute atomic E-state index is 12.8. The van der Waals surface area contributed by atoms with Crippen LogP contribution in [-0.4, -0.2) is 47.9 Å². The van der Waals surface area contributed by atoms with Crippen LogP contribution in [0.5, 0.6) is 17.2 Å². The minimum absolute atomic E-state index is 0.145. The molecule has 2 aromatic rings. The third-order valence-electron chi connectivity index (χ3n) is 4.32. The number of carbonyl (C=O) groups is 1. The number of methoxy groups -OCH3 is 3. The van der Waals surface area contributed by atoms with Crippen molar-refractivity contribution in [3.05, 3.63) is 53.6 Å². The van der Waals surface area contributed by atoms with Crippen LogP contribution in [0.2, 0.25) is 0 Å². The van der Waals surface area contributed by atoms with Gasteiger partial charge in [0, 0.05) is 17.7 Å². The first kappa shape index (κ1) is 19.6. The van der Waals surface area contributed by atoms with Crippen LogP contribution >= 0.6 is 0 Å². The summed E-state index contributed by atoms with van der Waals surface area (Å²) >= 11 is 0. The summed E-state index contributed by atoms with van der Waals surface area (Å²) in [6.07, 6.45) is 0. The molecule has 1 amide bonds. The first-order chi connectivity index (χ1) is 12.5. The predicted molar refractivity (Wildman–Crippen MR) is 100 cm³/mol. The van der Waals surface area contributed by atoms with Crippen LogP contribution < -0.4 is 24.4 Å². The second-order valence-electron chi connectivity index (χ2n) is 6.16. The van der Waals surface area contributed by atoms with E-state index in [1.54, 1.807) is 19.2 Å². The SMILES string of the molecule is COc1cc(OC)c(C(=O)NC[C@@H](c2ccccc2)[NH+](C)C)cc1OC. The molecule has 1 atom stereocenters. The van der Waals surface area contributed by atoms with Crippen molar-refractivity contribution in [1.82, 2.24) is 5.32 Å². The number of nitrogens with one attached hydrogen (secondary N) is 2. The van der Waals surface area contributed by atoms with Gasteiger partial charge in [-0.3, -0.25) is 4.79 Å². The molecule has 0 fully saturated rings. The van der Waals surface area contributed by atoms with Gasteiger partial charge in [0.2, 0.25) is 0 Å². The molecule has 2 N–H and O–H groups in total. The van der Waals surface area contributed by atoms with E-state index in [0.717, 1.165) is 0 Å². The Labute approximate surface area is 154 Å². The molecular weight excluding hydrogens is 332 g/mol. The molecule has 0 unspecified atom stereocenters. The summed E-state index contributed by atoms with van der Waals surface area (Å²) < 4.78 is 15.9. The molecule has 0 aliphatic carbocycles. The molecule has 2 rings (SSSR count). The lowest BCUT2D eigenvalue weighted by Crippen LogP contribution is -3.07. The van der Waals surface area contributed by atoms with Gasteiger partial charge in [0.05, 0.1) is 47.5 Å². The summed E-state index contributed by atoms with van der Waals surface area (Å²) in [5.41, 5.74) is 1.58. The normalized spacial score (nSPS) is 11.8. The molecular formula is C20H27N2O4+. The van der Waals surface area contributed by atoms with Gasteiger partial charge in [-0.25, -0.2) is 0 Å². The molecule has 0 spiro atoms. The van der Waals surface area contributed by atoms with Gasteiger partial charge in [-0.05, 0) is 0 Å². The third kappa shape index (κ3) is 4.46. The molecule has 0 aromatic heterocycles. The zero-order chi connectivity index (χ0) is 19.1. The molecule has 0 saturated heterocycles. The first-order valence-electron chi connectivity index (χ1n) is 8.45. The minimum atomic E-state index is -0.218. The van der Waals surface area contributed by atoms with E-state index in [1.807, 2.05) is 18.2 Å². The second-order valence-corrected chi connectivity index (χ2v) is 6.16. The van der Waals surface area contributed by atoms with Gasteiger partial charge < -0.3 is 24.4 Å². The molecule has 0 heterocycles. The van der Waals surface area contributed by atoms with E-state index in [1.165, 1.54) is 24.7 Å². The number of amides is 1. The standard InChI is InChI=1S/C20H26N2O4/c1-22(2)16(14-9-7-6-8-10-14)13-21-20(23)15-11-18(25-4)19(26-5)12-17(15)24-3/h6-12,16H,13H2,1-5H3,(H,21,23)/p+1/t16-/m0/s1. The van der Waals surface area contributed by atoms with E-state index in [4.69, 9.17) is 14.2 Å². The number of likely N-dealkylation sites (N-methyl/N-ethyl adjacent to an activating group) is 1. The lowest BCUT2D eigenvalue weighted by atomic mass is 10.1. The van der Waals surface area contributed by atoms with Gasteiger partial charge in [-0.15, -0.1) is 0 Å². The van der Waals surface area contributed by atoms with E-state index in [0.29, 0.717) is 29.4 Å². The fourth-order valence-electron chi connectivity index (χ4n) is 2.84. The molecule has 140 valence electrons. The molecule has 6 heteroatoms. The van der Waals surface area contributed by atoms with Crippen LogP contribution in [-0.2, 0) is 0 Å². The number of ether oxygens (including phenoxy) is 3. The molecule has 6 nitrogen and oxygen atoms in total. The van der Waals surface area contributed by atoms with Gasteiger partial charge in [-0.2, -0.15) is 0 Å². The summed E-state index contributed by atoms with van der Waals surface area (Å²) in [4.78, 5) is 14.0. The van der Waals surface area contributed by atoms with Crippen molar-refractivity contribution in [2.75, 3.05) is 42.0 Å². The first-order valence-corrected chi connectivity index (χ1v) is 8.45. The molecule has 0 bridgehead atoms. The number of hydrogen-bond acceptors (Lipinski definition) is 4. The quantitative estimate of drug-likeness (QED) is 0.747. The molecule has 0 radical (unpaired) electrons. The Balaban J connectivity index is 2.21. The number of hydrogen-bond donors (Lipinski definition) is 2. The number of carbonyl (C=O) groups excluding carboxylic acids is 1. The molecule has 26 heavy (non-hydrogen) atoms. The van der Waals surface area contributed by atoms with Crippen LogP contribution in [0.3, 0.4) is 0 Å². The Morgan fingerprint density at radius 2 is 1.54 bits per heavy atom. The second kappa shape index (κ2) is 9.10. The highest BCUT2D eigenvalue weighted by Gasteiger charge is 2.22. The van der Waals surface area contributed by atoms with Gasteiger partial charge in [0.15, 0.2) is 11.5 Å². The van der Waals surface area contributed by atoms with E-state index >= 15 is 0 Å². The van der Waals surface area contributed by atoms with E-state index < -0.39 is 0 Å². The lowest BCUT2D eigenvalue weighted by Gasteiger charge is -2.22. The maximum Gasteiger partial charge on any atom is 0.255 e. The highest BCUT2D eigenvalue weighted by atomic mass is 16.5. The third-order valence-corrected chi connectivity index (χ3v) is 4.32. The van der Waals surface area contributed by atoms with E-state index in [2.05, 4.69) is 31.5 Å². The van der Waals surface area contributed by atoms with Crippen LogP contribution in [0.4, 0.5) is 0 Å². The highest BCUT2D eigenvalue weighted by molar-refractivity contribution is 5.97. The Hall–Kier alpha value is -2.73. The largest absolute Gasteiger partial charge is 0.496 e. The lowest BCUT2D eigenvalue weighted by molar-refractivity contribution is -0.890. The number of quaternary nitrogens is 1. The molecule has 0 saturated carbocycles. The highest BCUT2D eigenvalue weighted by Crippen LogP contribution is 2.34. The van der Waals surface area contributed by atoms with Gasteiger partial charge >= 0.3 is 0 Å². The van der Waals surface area contributed by atoms with Gasteiger partial charge in [0.25, 0.3) is 5.91 Å². The Morgan fingerprint density at radius 3 is 2.08 bits per heavy atom. The van der Waals surface area contributed by atoms with Crippen LogP contribution in [0.25, 0.3) is 0 Å². The summed E-state index contributed by atoms with van der Waals surface area (Å²) in [6.45, 7) is 0.503. The van der Waals surface area contributed by atoms with E-state index in [9.17, 15) is 4.79 Å². The van der Waals surface area contributed by atoms with E-state index in [-0.39, 0.29) is 11.9 Å². The van der Waals surface area contributed by atoms with Crippen molar-refractivity contribution in [1.29, 1.82) is 0 Å². The van der Waals surface area contributed by atoms with Gasteiger partial charge in [0.1, 0.15) is 11.8 Å². The van der Waals surface area contributed by atoms with Crippen LogP contribution in [0, 0.1) is 0 Å². The summed E-state index contributed by atoms with van der Waals surface area (Å²) in [7, 11) is 8.74. The van der Waals surface area contributed by atoms with Crippen molar-refractivity contribution in [2.45, 2.75) is 6.04 Å². The molecule has 2 aromatic carbocycles. The minimum Gasteiger partial charge on any atom is -0.496 e. The molecule has 0 aliphatic heterocycles. The fraction of sp³-hybridized carbons (Fsp3) is 0.350. The van der Waals surface area contributed by atoms with Crippen molar-refractivity contribution in [3.63, 3.8) is 0 Å². The zero-order valence-corrected chi connectivity index (χ0v) is 16.0. The summed E-state index contributed by atoms with van der Waals surface area (Å²) in [6, 6.07) is 13.6. The van der Waals surface area contributed by atoms with Crippen molar-refractivity contribution >= 4 is 5.91 Å². The van der Waals surface area contributed by atoms with Gasteiger partial charge in [-0.1, -0.05) is 30.3 Å². The fourth-order valence-corrected chi connectivity index (χ4v) is 2.84. The average molecular weight is 359 g/mol. The monoisotopic (exact) mass is 359 g/mol. The Morgan fingerprint density at radius 1 is 0.962 bits per heavy atom. The van der Waals surface area contributed by atoms with Crippen LogP contribution in [0.15, 0.2) is 42.5 Å². The Kier molecular flexibility index (Phi) is 6.86. The zero-order valence-electron chi connectivity index (χ0n) is 16.0. The number of rotatable bonds is 8. The van der Waals surface area contributed by atoms with Crippen molar-refractivity contribution < 1.29 is 23.9 Å². The average Bonchev–Trinajstić information content (AvgIpc) is 2.67. The van der Waals surface area contributed by atoms with Crippen molar-refractivity contribution in [2.24, 2.45) is 0 Å². The summed E-state index contributed by atoms with van der Waals surface area (Å²) in [5.74, 6) is 1.22. The maximum atomic E-state index is 12.8. The molecule has 0 aliphatic rings. The number of benzene rings is 2. The van der Waals surface area contributed by atoms with Crippen molar-refractivity contribution in [3.8, 4) is 17.2 Å². The predicted octanol–water partition coefficient (Wildman–Crippen LogP) is 1.33.